The molecule has 0 aliphatic heterocycles. The van der Waals surface area contributed by atoms with E-state index in [9.17, 15) is 19.0 Å². The van der Waals surface area contributed by atoms with Gasteiger partial charge in [0.15, 0.2) is 6.10 Å². The highest BCUT2D eigenvalue weighted by Gasteiger charge is 2.25. The summed E-state index contributed by atoms with van der Waals surface area (Å²) < 4.78 is 32.6. The summed E-state index contributed by atoms with van der Waals surface area (Å²) in [6, 6.07) is 0. The highest BCUT2D eigenvalue weighted by atomic mass is 31.2. The fourth-order valence-electron chi connectivity index (χ4n) is 4.60. The maximum atomic E-state index is 12.5. The lowest BCUT2D eigenvalue weighted by atomic mass is 10.1. The van der Waals surface area contributed by atoms with Crippen LogP contribution in [-0.4, -0.2) is 49.3 Å². The lowest BCUT2D eigenvalue weighted by molar-refractivity contribution is -0.161. The molecule has 0 radical (unpaired) electrons. The van der Waals surface area contributed by atoms with Crippen LogP contribution in [0.2, 0.25) is 0 Å². The van der Waals surface area contributed by atoms with Gasteiger partial charge in [0.25, 0.3) is 0 Å². The van der Waals surface area contributed by atoms with E-state index in [-0.39, 0.29) is 32.6 Å². The third-order valence-electron chi connectivity index (χ3n) is 7.42. The normalized spacial score (nSPS) is 14.2. The summed E-state index contributed by atoms with van der Waals surface area (Å²) in [7, 11) is -4.38. The molecule has 0 spiro atoms. The number of hydrogen-bond acceptors (Lipinski definition) is 8. The van der Waals surface area contributed by atoms with E-state index in [4.69, 9.17) is 24.3 Å². The molecule has 0 saturated heterocycles. The SMILES string of the molecule is CC/C=C/C=C/C=C/C=C/CCCCCCCC(=O)OC[C@H](COP(=O)(O)OCCN)OC(=O)CCCCCCC/C=C/C/C=C/CCCC. The van der Waals surface area contributed by atoms with Crippen LogP contribution in [0.25, 0.3) is 0 Å². The molecule has 0 aromatic heterocycles. The number of carbonyl (C=O) groups is 2. The number of phosphoric acid groups is 1. The smallest absolute Gasteiger partial charge is 0.462 e. The lowest BCUT2D eigenvalue weighted by Crippen LogP contribution is -2.29. The summed E-state index contributed by atoms with van der Waals surface area (Å²) >= 11 is 0. The van der Waals surface area contributed by atoms with Crippen molar-refractivity contribution < 1.29 is 37.6 Å². The number of carbonyl (C=O) groups excluding carboxylic acids is 2. The van der Waals surface area contributed by atoms with Gasteiger partial charge in [-0.3, -0.25) is 18.6 Å². The van der Waals surface area contributed by atoms with Gasteiger partial charge in [-0.05, 0) is 57.8 Å². The molecule has 0 rings (SSSR count). The zero-order valence-corrected chi connectivity index (χ0v) is 32.0. The fourth-order valence-corrected chi connectivity index (χ4v) is 5.37. The number of unbranched alkanes of at least 4 members (excludes halogenated alkanes) is 12. The highest BCUT2D eigenvalue weighted by Crippen LogP contribution is 2.43. The van der Waals surface area contributed by atoms with E-state index in [2.05, 4.69) is 56.4 Å². The Labute approximate surface area is 303 Å². The maximum Gasteiger partial charge on any atom is 0.472 e. The van der Waals surface area contributed by atoms with Crippen molar-refractivity contribution in [2.75, 3.05) is 26.4 Å². The van der Waals surface area contributed by atoms with Crippen LogP contribution in [0.3, 0.4) is 0 Å². The standard InChI is InChI=1S/C40H68NO8P/c1-3-5-7-9-11-13-15-17-19-21-22-24-26-28-30-32-39(42)46-36-38(37-48-50(44,45)47-35-34-41)49-40(43)33-31-29-27-25-23-20-18-16-14-12-10-8-6-4-2/h5,7,9-13,15-19,38H,3-4,6,8,14,20-37,41H2,1-2H3,(H,44,45)/b7-5+,11-9+,12-10+,15-13+,18-16+,19-17+/t38-/m1/s1. The monoisotopic (exact) mass is 721 g/mol. The van der Waals surface area contributed by atoms with E-state index < -0.39 is 32.5 Å². The summed E-state index contributed by atoms with van der Waals surface area (Å²) in [4.78, 5) is 34.7. The molecule has 50 heavy (non-hydrogen) atoms. The fraction of sp³-hybridized carbons (Fsp3) is 0.650. The lowest BCUT2D eigenvalue weighted by Gasteiger charge is -2.19. The van der Waals surface area contributed by atoms with Gasteiger partial charge in [0.2, 0.25) is 0 Å². The van der Waals surface area contributed by atoms with Crippen molar-refractivity contribution in [3.8, 4) is 0 Å². The van der Waals surface area contributed by atoms with Gasteiger partial charge in [0, 0.05) is 19.4 Å². The van der Waals surface area contributed by atoms with Crippen LogP contribution in [0.1, 0.15) is 136 Å². The molecule has 0 aromatic carbocycles. The number of nitrogens with two attached hydrogens (primary N) is 1. The van der Waals surface area contributed by atoms with E-state index in [0.29, 0.717) is 12.8 Å². The third kappa shape index (κ3) is 35.3. The Hall–Kier alpha value is -2.55. The average molecular weight is 722 g/mol. The predicted octanol–water partition coefficient (Wildman–Crippen LogP) is 10.3. The molecule has 286 valence electrons. The molecule has 0 aliphatic carbocycles. The average Bonchev–Trinajstić information content (AvgIpc) is 3.10. The minimum atomic E-state index is -4.38. The van der Waals surface area contributed by atoms with Crippen molar-refractivity contribution in [2.24, 2.45) is 5.73 Å². The van der Waals surface area contributed by atoms with Crippen molar-refractivity contribution in [1.82, 2.24) is 0 Å². The molecule has 0 amide bonds. The van der Waals surface area contributed by atoms with E-state index >= 15 is 0 Å². The Kier molecular flexibility index (Phi) is 34.4. The van der Waals surface area contributed by atoms with Gasteiger partial charge in [-0.25, -0.2) is 4.57 Å². The van der Waals surface area contributed by atoms with Crippen LogP contribution in [0.5, 0.6) is 0 Å². The Morgan fingerprint density at radius 3 is 1.80 bits per heavy atom. The Morgan fingerprint density at radius 1 is 0.640 bits per heavy atom. The number of rotatable bonds is 34. The van der Waals surface area contributed by atoms with Gasteiger partial charge < -0.3 is 20.1 Å². The number of ether oxygens (including phenoxy) is 2. The largest absolute Gasteiger partial charge is 0.472 e. The van der Waals surface area contributed by atoms with Gasteiger partial charge in [-0.2, -0.15) is 0 Å². The van der Waals surface area contributed by atoms with Crippen molar-refractivity contribution in [1.29, 1.82) is 0 Å². The second-order valence-electron chi connectivity index (χ2n) is 12.1. The molecular formula is C40H68NO8P. The molecule has 0 bridgehead atoms. The van der Waals surface area contributed by atoms with Crippen LogP contribution in [0.15, 0.2) is 72.9 Å². The molecule has 0 fully saturated rings. The maximum absolute atomic E-state index is 12.5. The Morgan fingerprint density at radius 2 is 1.18 bits per heavy atom. The zero-order chi connectivity index (χ0) is 36.8. The second-order valence-corrected chi connectivity index (χ2v) is 13.6. The summed E-state index contributed by atoms with van der Waals surface area (Å²) in [6.07, 6.45) is 42.1. The summed E-state index contributed by atoms with van der Waals surface area (Å²) in [6.45, 7) is 3.47. The number of hydrogen-bond donors (Lipinski definition) is 2. The van der Waals surface area contributed by atoms with E-state index in [1.165, 1.54) is 12.8 Å². The molecule has 1 unspecified atom stereocenters. The van der Waals surface area contributed by atoms with Crippen LogP contribution < -0.4 is 5.73 Å². The Bertz CT molecular complexity index is 1050. The summed E-state index contributed by atoms with van der Waals surface area (Å²) in [5, 5.41) is 0. The summed E-state index contributed by atoms with van der Waals surface area (Å²) in [5.74, 6) is -0.882. The van der Waals surface area contributed by atoms with E-state index in [1.54, 1.807) is 0 Å². The third-order valence-corrected chi connectivity index (χ3v) is 8.41. The second kappa shape index (κ2) is 36.2. The van der Waals surface area contributed by atoms with Crippen molar-refractivity contribution >= 4 is 19.8 Å². The van der Waals surface area contributed by atoms with Crippen molar-refractivity contribution in [3.63, 3.8) is 0 Å². The highest BCUT2D eigenvalue weighted by molar-refractivity contribution is 7.47. The molecule has 9 nitrogen and oxygen atoms in total. The van der Waals surface area contributed by atoms with Gasteiger partial charge in [-0.1, -0.05) is 138 Å². The first-order valence-electron chi connectivity index (χ1n) is 19.0. The van der Waals surface area contributed by atoms with Gasteiger partial charge >= 0.3 is 19.8 Å². The molecule has 0 saturated carbocycles. The van der Waals surface area contributed by atoms with Crippen LogP contribution in [-0.2, 0) is 32.7 Å². The zero-order valence-electron chi connectivity index (χ0n) is 31.1. The van der Waals surface area contributed by atoms with E-state index in [0.717, 1.165) is 83.5 Å². The molecular weight excluding hydrogens is 653 g/mol. The molecule has 0 heterocycles. The van der Waals surface area contributed by atoms with Crippen molar-refractivity contribution in [3.05, 3.63) is 72.9 Å². The Balaban J connectivity index is 4.31. The predicted molar refractivity (Wildman–Crippen MR) is 206 cm³/mol. The van der Waals surface area contributed by atoms with Crippen molar-refractivity contribution in [2.45, 2.75) is 142 Å². The van der Waals surface area contributed by atoms with Crippen LogP contribution >= 0.6 is 7.82 Å². The quantitative estimate of drug-likeness (QED) is 0.0219. The molecule has 10 heteroatoms. The van der Waals surface area contributed by atoms with Crippen LogP contribution in [0, 0.1) is 0 Å². The molecule has 3 N–H and O–H groups in total. The summed E-state index contributed by atoms with van der Waals surface area (Å²) in [5.41, 5.74) is 5.33. The van der Waals surface area contributed by atoms with Gasteiger partial charge in [0.05, 0.1) is 13.2 Å². The number of allylic oxidation sites excluding steroid dienone is 12. The first-order valence-corrected chi connectivity index (χ1v) is 20.5. The molecule has 2 atom stereocenters. The topological polar surface area (TPSA) is 134 Å². The molecule has 0 aromatic rings. The molecule has 0 aliphatic rings. The first kappa shape index (κ1) is 47.4. The minimum absolute atomic E-state index is 0.0434. The van der Waals surface area contributed by atoms with Crippen LogP contribution in [0.4, 0.5) is 0 Å². The van der Waals surface area contributed by atoms with E-state index in [1.807, 2.05) is 30.4 Å². The van der Waals surface area contributed by atoms with Gasteiger partial charge in [0.1, 0.15) is 6.61 Å². The number of phosphoric ester groups is 1. The number of esters is 2. The minimum Gasteiger partial charge on any atom is -0.462 e. The van der Waals surface area contributed by atoms with Gasteiger partial charge in [-0.15, -0.1) is 0 Å². The first-order chi connectivity index (χ1) is 24.3.